The lowest BCUT2D eigenvalue weighted by molar-refractivity contribution is -0.128. The van der Waals surface area contributed by atoms with Crippen LogP contribution in [0.5, 0.6) is 0 Å². The Morgan fingerprint density at radius 3 is 2.60 bits per heavy atom. The molecule has 1 aliphatic carbocycles. The van der Waals surface area contributed by atoms with Gasteiger partial charge in [-0.1, -0.05) is 23.7 Å². The molecule has 5 nitrogen and oxygen atoms in total. The van der Waals surface area contributed by atoms with Gasteiger partial charge in [0, 0.05) is 6.54 Å². The summed E-state index contributed by atoms with van der Waals surface area (Å²) in [5, 5.41) is 11.9. The summed E-state index contributed by atoms with van der Waals surface area (Å²) in [5.74, 6) is -0.869. The number of benzene rings is 1. The maximum absolute atomic E-state index is 13.9. The molecule has 1 amide bonds. The molecule has 1 aromatic carbocycles. The predicted octanol–water partition coefficient (Wildman–Crippen LogP) is 2.10. The van der Waals surface area contributed by atoms with Crippen molar-refractivity contribution in [3.05, 3.63) is 30.1 Å². The highest BCUT2D eigenvalue weighted by atomic mass is 19.1. The first-order chi connectivity index (χ1) is 9.56. The molecule has 0 bridgehead atoms. The maximum atomic E-state index is 13.9. The first kappa shape index (κ1) is 14.3. The molecular weight excluding hydrogens is 261 g/mol. The first-order valence-electron chi connectivity index (χ1n) is 6.61. The second kappa shape index (κ2) is 5.48. The van der Waals surface area contributed by atoms with Gasteiger partial charge in [0.15, 0.2) is 5.84 Å². The van der Waals surface area contributed by atoms with Gasteiger partial charge < -0.3 is 15.8 Å². The fourth-order valence-electron chi connectivity index (χ4n) is 2.56. The molecule has 1 aliphatic rings. The van der Waals surface area contributed by atoms with Crippen molar-refractivity contribution in [2.45, 2.75) is 26.2 Å². The van der Waals surface area contributed by atoms with E-state index in [1.54, 1.807) is 25.1 Å². The van der Waals surface area contributed by atoms with E-state index in [0.29, 0.717) is 19.4 Å². The van der Waals surface area contributed by atoms with Gasteiger partial charge in [0.1, 0.15) is 11.2 Å². The molecule has 0 atom stereocenters. The summed E-state index contributed by atoms with van der Waals surface area (Å²) < 4.78 is 13.9. The van der Waals surface area contributed by atoms with Crippen LogP contribution < -0.4 is 10.6 Å². The number of carbonyl (C=O) groups is 1. The molecule has 108 valence electrons. The number of para-hydroxylation sites is 1. The summed E-state index contributed by atoms with van der Waals surface area (Å²) in [4.78, 5) is 14.1. The molecule has 0 saturated heterocycles. The van der Waals surface area contributed by atoms with Crippen LogP contribution in [0.1, 0.15) is 26.2 Å². The minimum atomic E-state index is -0.993. The predicted molar refractivity (Wildman–Crippen MR) is 74.1 cm³/mol. The minimum Gasteiger partial charge on any atom is -0.409 e. The quantitative estimate of drug-likeness (QED) is 0.383. The highest BCUT2D eigenvalue weighted by Gasteiger charge is 2.50. The third-order valence-electron chi connectivity index (χ3n) is 3.92. The summed E-state index contributed by atoms with van der Waals surface area (Å²) in [6.45, 7) is 2.09. The Kier molecular flexibility index (Phi) is 3.92. The molecule has 3 N–H and O–H groups in total. The van der Waals surface area contributed by atoms with Crippen molar-refractivity contribution in [1.82, 2.24) is 0 Å². The zero-order chi connectivity index (χ0) is 14.8. The third-order valence-corrected chi connectivity index (χ3v) is 3.92. The minimum absolute atomic E-state index is 0.0939. The number of hydrogen-bond donors (Lipinski definition) is 2. The van der Waals surface area contributed by atoms with Gasteiger partial charge in [-0.2, -0.15) is 0 Å². The Morgan fingerprint density at radius 2 is 2.15 bits per heavy atom. The second-order valence-electron chi connectivity index (χ2n) is 4.92. The Morgan fingerprint density at radius 1 is 1.50 bits per heavy atom. The topological polar surface area (TPSA) is 78.9 Å². The molecule has 0 aromatic heterocycles. The molecule has 1 saturated carbocycles. The molecule has 2 rings (SSSR count). The molecule has 0 aliphatic heterocycles. The molecule has 1 fully saturated rings. The van der Waals surface area contributed by atoms with E-state index in [2.05, 4.69) is 5.16 Å². The Labute approximate surface area is 116 Å². The standard InChI is InChI=1S/C14H18FN3O2/c1-2-18(11-7-4-3-6-10(11)15)13(19)14(8-5-9-14)12(16)17-20/h3-4,6-7,20H,2,5,8-9H2,1H3,(H2,16,17). The van der Waals surface area contributed by atoms with Crippen molar-refractivity contribution < 1.29 is 14.4 Å². The van der Waals surface area contributed by atoms with Crippen molar-refractivity contribution in [3.63, 3.8) is 0 Å². The average molecular weight is 279 g/mol. The Hall–Kier alpha value is -2.11. The fourth-order valence-corrected chi connectivity index (χ4v) is 2.56. The zero-order valence-corrected chi connectivity index (χ0v) is 11.3. The zero-order valence-electron chi connectivity index (χ0n) is 11.3. The van der Waals surface area contributed by atoms with Gasteiger partial charge >= 0.3 is 0 Å². The van der Waals surface area contributed by atoms with Crippen LogP contribution in [0.4, 0.5) is 10.1 Å². The number of nitrogens with two attached hydrogens (primary N) is 1. The highest BCUT2D eigenvalue weighted by Crippen LogP contribution is 2.43. The average Bonchev–Trinajstić information content (AvgIpc) is 2.40. The molecule has 0 unspecified atom stereocenters. The lowest BCUT2D eigenvalue weighted by Gasteiger charge is -2.42. The maximum Gasteiger partial charge on any atom is 0.241 e. The molecular formula is C14H18FN3O2. The lowest BCUT2D eigenvalue weighted by Crippen LogP contribution is -2.55. The number of halogens is 1. The fraction of sp³-hybridized carbons (Fsp3) is 0.429. The van der Waals surface area contributed by atoms with E-state index in [4.69, 9.17) is 10.9 Å². The number of rotatable bonds is 4. The summed E-state index contributed by atoms with van der Waals surface area (Å²) in [6.07, 6.45) is 1.87. The lowest BCUT2D eigenvalue weighted by atomic mass is 9.66. The summed E-state index contributed by atoms with van der Waals surface area (Å²) >= 11 is 0. The molecule has 20 heavy (non-hydrogen) atoms. The van der Waals surface area contributed by atoms with E-state index in [1.807, 2.05) is 0 Å². The van der Waals surface area contributed by atoms with Gasteiger partial charge in [0.05, 0.1) is 5.69 Å². The monoisotopic (exact) mass is 279 g/mol. The van der Waals surface area contributed by atoms with Crippen LogP contribution in [-0.4, -0.2) is 23.5 Å². The molecule has 1 aromatic rings. The summed E-state index contributed by atoms with van der Waals surface area (Å²) in [6, 6.07) is 6.10. The van der Waals surface area contributed by atoms with Gasteiger partial charge in [-0.15, -0.1) is 0 Å². The van der Waals surface area contributed by atoms with Crippen LogP contribution in [0, 0.1) is 11.2 Å². The van der Waals surface area contributed by atoms with Gasteiger partial charge in [0.2, 0.25) is 5.91 Å². The normalized spacial score (nSPS) is 17.4. The molecule has 6 heteroatoms. The summed E-state index contributed by atoms with van der Waals surface area (Å²) in [7, 11) is 0. The van der Waals surface area contributed by atoms with E-state index in [-0.39, 0.29) is 17.4 Å². The van der Waals surface area contributed by atoms with E-state index in [1.165, 1.54) is 11.0 Å². The number of hydrogen-bond acceptors (Lipinski definition) is 3. The SMILES string of the molecule is CCN(C(=O)C1(/C(N)=N/O)CCC1)c1ccccc1F. The molecule has 0 radical (unpaired) electrons. The van der Waals surface area contributed by atoms with E-state index in [9.17, 15) is 9.18 Å². The largest absolute Gasteiger partial charge is 0.409 e. The van der Waals surface area contributed by atoms with Gasteiger partial charge in [-0.3, -0.25) is 4.79 Å². The van der Waals surface area contributed by atoms with E-state index in [0.717, 1.165) is 6.42 Å². The van der Waals surface area contributed by atoms with Crippen molar-refractivity contribution in [2.75, 3.05) is 11.4 Å². The van der Waals surface area contributed by atoms with Gasteiger partial charge in [-0.25, -0.2) is 4.39 Å². The molecule has 0 heterocycles. The number of amides is 1. The van der Waals surface area contributed by atoms with Crippen LogP contribution in [0.25, 0.3) is 0 Å². The number of carbonyl (C=O) groups excluding carboxylic acids is 1. The van der Waals surface area contributed by atoms with Crippen LogP contribution >= 0.6 is 0 Å². The summed E-state index contributed by atoms with van der Waals surface area (Å²) in [5.41, 5.74) is 4.91. The van der Waals surface area contributed by atoms with Crippen molar-refractivity contribution >= 4 is 17.4 Å². The van der Waals surface area contributed by atoms with E-state index >= 15 is 0 Å². The number of nitrogens with zero attached hydrogens (tertiary/aromatic N) is 2. The van der Waals surface area contributed by atoms with Crippen LogP contribution in [0.3, 0.4) is 0 Å². The van der Waals surface area contributed by atoms with Crippen LogP contribution in [0.2, 0.25) is 0 Å². The van der Waals surface area contributed by atoms with Crippen molar-refractivity contribution in [2.24, 2.45) is 16.3 Å². The van der Waals surface area contributed by atoms with E-state index < -0.39 is 11.2 Å². The molecule has 0 spiro atoms. The Bertz CT molecular complexity index is 541. The number of oxime groups is 1. The Balaban J connectivity index is 2.37. The highest BCUT2D eigenvalue weighted by molar-refractivity contribution is 6.13. The smallest absolute Gasteiger partial charge is 0.241 e. The van der Waals surface area contributed by atoms with Crippen LogP contribution in [0.15, 0.2) is 29.4 Å². The van der Waals surface area contributed by atoms with Gasteiger partial charge in [-0.05, 0) is 31.9 Å². The first-order valence-corrected chi connectivity index (χ1v) is 6.61. The number of amidine groups is 1. The second-order valence-corrected chi connectivity index (χ2v) is 4.92. The number of anilines is 1. The van der Waals surface area contributed by atoms with Gasteiger partial charge in [0.25, 0.3) is 0 Å². The van der Waals surface area contributed by atoms with Crippen LogP contribution in [-0.2, 0) is 4.79 Å². The third kappa shape index (κ3) is 2.11. The van der Waals surface area contributed by atoms with Crippen molar-refractivity contribution in [1.29, 1.82) is 0 Å². The van der Waals surface area contributed by atoms with Crippen molar-refractivity contribution in [3.8, 4) is 0 Å².